The number of fused-ring (bicyclic) bond motifs is 1. The number of halogens is 1. The lowest BCUT2D eigenvalue weighted by atomic mass is 10.2. The van der Waals surface area contributed by atoms with Crippen LogP contribution in [0.3, 0.4) is 0 Å². The van der Waals surface area contributed by atoms with E-state index in [1.54, 1.807) is 0 Å². The molecule has 0 saturated heterocycles. The van der Waals surface area contributed by atoms with Crippen LogP contribution >= 0.6 is 15.9 Å². The molecule has 5 heteroatoms. The molecule has 0 bridgehead atoms. The summed E-state index contributed by atoms with van der Waals surface area (Å²) in [5, 5.41) is 8.35. The summed E-state index contributed by atoms with van der Waals surface area (Å²) in [5.74, 6) is 0. The Labute approximate surface area is 108 Å². The topological polar surface area (TPSA) is 51.0 Å². The van der Waals surface area contributed by atoms with Crippen LogP contribution in [-0.4, -0.2) is 21.0 Å². The largest absolute Gasteiger partial charge is 0.336 e. The maximum Gasteiger partial charge on any atom is 0.257 e. The molecule has 1 aliphatic rings. The third-order valence-electron chi connectivity index (χ3n) is 3.13. The van der Waals surface area contributed by atoms with Gasteiger partial charge in [-0.25, -0.2) is 4.98 Å². The fourth-order valence-electron chi connectivity index (χ4n) is 1.83. The van der Waals surface area contributed by atoms with E-state index in [9.17, 15) is 0 Å². The van der Waals surface area contributed by atoms with Crippen molar-refractivity contribution in [1.82, 2.24) is 15.5 Å². The predicted octanol–water partition coefficient (Wildman–Crippen LogP) is 2.55. The summed E-state index contributed by atoms with van der Waals surface area (Å²) in [6.45, 7) is 3.77. The predicted molar refractivity (Wildman–Crippen MR) is 69.1 cm³/mol. The van der Waals surface area contributed by atoms with E-state index in [1.807, 2.05) is 13.1 Å². The number of nitrogens with one attached hydrogen (secondary N) is 1. The van der Waals surface area contributed by atoms with Gasteiger partial charge in [-0.05, 0) is 31.4 Å². The zero-order valence-corrected chi connectivity index (χ0v) is 11.2. The maximum absolute atomic E-state index is 5.08. The van der Waals surface area contributed by atoms with Crippen molar-refractivity contribution in [3.05, 3.63) is 23.5 Å². The van der Waals surface area contributed by atoms with Crippen LogP contribution in [0.4, 0.5) is 0 Å². The van der Waals surface area contributed by atoms with E-state index in [-0.39, 0.29) is 0 Å². The second-order valence-electron chi connectivity index (χ2n) is 4.72. The van der Waals surface area contributed by atoms with Crippen LogP contribution in [0, 0.1) is 6.92 Å². The minimum absolute atomic E-state index is 0.359. The van der Waals surface area contributed by atoms with Crippen LogP contribution < -0.4 is 5.32 Å². The van der Waals surface area contributed by atoms with Crippen LogP contribution in [0.1, 0.15) is 24.1 Å². The molecule has 17 heavy (non-hydrogen) atoms. The Morgan fingerprint density at radius 3 is 3.12 bits per heavy atom. The normalized spacial score (nSPS) is 17.5. The van der Waals surface area contributed by atoms with Crippen LogP contribution in [-0.2, 0) is 6.54 Å². The van der Waals surface area contributed by atoms with Gasteiger partial charge in [-0.3, -0.25) is 0 Å². The van der Waals surface area contributed by atoms with E-state index in [2.05, 4.69) is 37.5 Å². The van der Waals surface area contributed by atoms with Gasteiger partial charge in [-0.1, -0.05) is 21.1 Å². The van der Waals surface area contributed by atoms with Gasteiger partial charge in [0.1, 0.15) is 0 Å². The molecule has 3 rings (SSSR count). The summed E-state index contributed by atoms with van der Waals surface area (Å²) in [6.07, 6.45) is 4.37. The van der Waals surface area contributed by atoms with E-state index < -0.39 is 0 Å². The first-order valence-corrected chi connectivity index (χ1v) is 6.56. The lowest BCUT2D eigenvalue weighted by Crippen LogP contribution is -2.23. The standard InChI is InChI=1S/C12H14BrN3O/c1-8-10-4-9(6-15-11(10)17-16-8)5-14-7-12(13)2-3-12/h4,6,14H,2-3,5,7H2,1H3. The highest BCUT2D eigenvalue weighted by Gasteiger charge is 2.38. The van der Waals surface area contributed by atoms with Gasteiger partial charge >= 0.3 is 0 Å². The minimum atomic E-state index is 0.359. The quantitative estimate of drug-likeness (QED) is 0.881. The molecule has 0 aromatic carbocycles. The molecular formula is C12H14BrN3O. The fourth-order valence-corrected chi connectivity index (χ4v) is 2.22. The van der Waals surface area contributed by atoms with Crippen molar-refractivity contribution in [3.8, 4) is 0 Å². The molecule has 1 N–H and O–H groups in total. The summed E-state index contributed by atoms with van der Waals surface area (Å²) >= 11 is 3.71. The Bertz CT molecular complexity index is 548. The Morgan fingerprint density at radius 2 is 2.35 bits per heavy atom. The van der Waals surface area contributed by atoms with E-state index >= 15 is 0 Å². The smallest absolute Gasteiger partial charge is 0.257 e. The molecule has 0 amide bonds. The van der Waals surface area contributed by atoms with Crippen molar-refractivity contribution in [2.75, 3.05) is 6.54 Å². The van der Waals surface area contributed by atoms with Gasteiger partial charge in [0.25, 0.3) is 5.71 Å². The molecule has 0 radical (unpaired) electrons. The average molecular weight is 296 g/mol. The lowest BCUT2D eigenvalue weighted by Gasteiger charge is -2.08. The molecule has 0 unspecified atom stereocenters. The van der Waals surface area contributed by atoms with Crippen LogP contribution in [0.25, 0.3) is 11.1 Å². The van der Waals surface area contributed by atoms with Gasteiger partial charge in [0.05, 0.1) is 11.1 Å². The van der Waals surface area contributed by atoms with Gasteiger partial charge in [0.15, 0.2) is 0 Å². The first kappa shape index (κ1) is 11.2. The second kappa shape index (κ2) is 4.07. The number of aromatic nitrogens is 2. The van der Waals surface area contributed by atoms with E-state index in [0.29, 0.717) is 10.0 Å². The molecular weight excluding hydrogens is 282 g/mol. The van der Waals surface area contributed by atoms with Crippen LogP contribution in [0.15, 0.2) is 16.8 Å². The zero-order chi connectivity index (χ0) is 11.9. The van der Waals surface area contributed by atoms with Crippen molar-refractivity contribution in [2.24, 2.45) is 0 Å². The Morgan fingerprint density at radius 1 is 1.53 bits per heavy atom. The van der Waals surface area contributed by atoms with E-state index in [4.69, 9.17) is 4.52 Å². The number of alkyl halides is 1. The van der Waals surface area contributed by atoms with Crippen LogP contribution in [0.5, 0.6) is 0 Å². The summed E-state index contributed by atoms with van der Waals surface area (Å²) in [6, 6.07) is 2.09. The molecule has 0 aliphatic heterocycles. The van der Waals surface area contributed by atoms with Gasteiger partial charge in [0.2, 0.25) is 0 Å². The molecule has 0 spiro atoms. The van der Waals surface area contributed by atoms with E-state index in [0.717, 1.165) is 24.2 Å². The molecule has 2 aromatic heterocycles. The Hall–Kier alpha value is -0.940. The molecule has 1 fully saturated rings. The summed E-state index contributed by atoms with van der Waals surface area (Å²) in [4.78, 5) is 4.25. The SMILES string of the molecule is Cc1noc2ncc(CNCC3(Br)CC3)cc12. The molecule has 1 saturated carbocycles. The van der Waals surface area contributed by atoms with Crippen molar-refractivity contribution < 1.29 is 4.52 Å². The average Bonchev–Trinajstić information content (AvgIpc) is 2.94. The highest BCUT2D eigenvalue weighted by molar-refractivity contribution is 9.10. The van der Waals surface area contributed by atoms with Crippen molar-refractivity contribution in [2.45, 2.75) is 30.6 Å². The number of nitrogens with zero attached hydrogens (tertiary/aromatic N) is 2. The number of rotatable bonds is 4. The molecule has 1 aliphatic carbocycles. The third kappa shape index (κ3) is 2.35. The van der Waals surface area contributed by atoms with Crippen LogP contribution in [0.2, 0.25) is 0 Å². The zero-order valence-electron chi connectivity index (χ0n) is 9.66. The molecule has 4 nitrogen and oxygen atoms in total. The Balaban J connectivity index is 1.69. The van der Waals surface area contributed by atoms with Gasteiger partial charge in [-0.2, -0.15) is 0 Å². The van der Waals surface area contributed by atoms with E-state index in [1.165, 1.54) is 18.4 Å². The highest BCUT2D eigenvalue weighted by atomic mass is 79.9. The lowest BCUT2D eigenvalue weighted by molar-refractivity contribution is 0.443. The summed E-state index contributed by atoms with van der Waals surface area (Å²) in [7, 11) is 0. The number of aryl methyl sites for hydroxylation is 1. The number of hydrogen-bond donors (Lipinski definition) is 1. The van der Waals surface area contributed by atoms with Gasteiger partial charge in [-0.15, -0.1) is 0 Å². The first-order chi connectivity index (χ1) is 8.16. The summed E-state index contributed by atoms with van der Waals surface area (Å²) in [5.41, 5.74) is 2.68. The number of pyridine rings is 1. The minimum Gasteiger partial charge on any atom is -0.336 e. The third-order valence-corrected chi connectivity index (χ3v) is 4.20. The molecule has 2 aromatic rings. The fraction of sp³-hybridized carbons (Fsp3) is 0.500. The second-order valence-corrected chi connectivity index (χ2v) is 6.40. The van der Waals surface area contributed by atoms with Crippen molar-refractivity contribution >= 4 is 27.0 Å². The number of hydrogen-bond acceptors (Lipinski definition) is 4. The van der Waals surface area contributed by atoms with Gasteiger partial charge < -0.3 is 9.84 Å². The van der Waals surface area contributed by atoms with Gasteiger partial charge in [0, 0.05) is 23.6 Å². The molecule has 90 valence electrons. The molecule has 0 atom stereocenters. The Kier molecular flexibility index (Phi) is 2.67. The summed E-state index contributed by atoms with van der Waals surface area (Å²) < 4.78 is 5.44. The van der Waals surface area contributed by atoms with Crippen molar-refractivity contribution in [3.63, 3.8) is 0 Å². The highest BCUT2D eigenvalue weighted by Crippen LogP contribution is 2.43. The molecule has 2 heterocycles. The monoisotopic (exact) mass is 295 g/mol. The first-order valence-electron chi connectivity index (χ1n) is 5.77. The van der Waals surface area contributed by atoms with Crippen molar-refractivity contribution in [1.29, 1.82) is 0 Å². The maximum atomic E-state index is 5.08.